The Morgan fingerprint density at radius 3 is 2.40 bits per heavy atom. The van der Waals surface area contributed by atoms with E-state index in [1.807, 2.05) is 6.08 Å². The van der Waals surface area contributed by atoms with E-state index < -0.39 is 0 Å². The van der Waals surface area contributed by atoms with Crippen LogP contribution in [0.25, 0.3) is 0 Å². The second-order valence-corrected chi connectivity index (χ2v) is 3.31. The third-order valence-corrected chi connectivity index (χ3v) is 2.00. The Morgan fingerprint density at radius 1 is 1.20 bits per heavy atom. The van der Waals surface area contributed by atoms with Gasteiger partial charge in [0.25, 0.3) is 0 Å². The molecule has 0 saturated carbocycles. The van der Waals surface area contributed by atoms with E-state index in [9.17, 15) is 4.79 Å². The van der Waals surface area contributed by atoms with E-state index in [0.29, 0.717) is 12.8 Å². The molecule has 0 aromatic carbocycles. The van der Waals surface area contributed by atoms with Crippen molar-refractivity contribution in [2.24, 2.45) is 0 Å². The minimum absolute atomic E-state index is 0.165. The first-order valence-corrected chi connectivity index (χ1v) is 5.28. The molecule has 0 radical (unpaired) electrons. The number of allylic oxidation sites excluding steroid dienone is 2. The summed E-state index contributed by atoms with van der Waals surface area (Å²) >= 11 is 0. The van der Waals surface area contributed by atoms with Crippen molar-refractivity contribution in [2.45, 2.75) is 38.2 Å². The summed E-state index contributed by atoms with van der Waals surface area (Å²) in [4.78, 5) is 11.3. The molecule has 0 heterocycles. The molecule has 0 aliphatic carbocycles. The monoisotopic (exact) mass is 208 g/mol. The summed E-state index contributed by atoms with van der Waals surface area (Å²) in [5, 5.41) is 0. The Bertz CT molecular complexity index is 219. The number of carbonyl (C=O) groups is 1. The molecule has 0 amide bonds. The highest BCUT2D eigenvalue weighted by atomic mass is 16.5. The first-order chi connectivity index (χ1) is 7.24. The molecule has 0 fully saturated rings. The van der Waals surface area contributed by atoms with E-state index in [4.69, 9.17) is 4.74 Å². The maximum absolute atomic E-state index is 11.3. The number of ether oxygens (including phenoxy) is 1. The van der Waals surface area contributed by atoms with Crippen LogP contribution in [0.4, 0.5) is 0 Å². The molecule has 0 aromatic rings. The molecule has 0 unspecified atom stereocenters. The van der Waals surface area contributed by atoms with Crippen LogP contribution >= 0.6 is 0 Å². The molecule has 0 rings (SSSR count). The normalized spacial score (nSPS) is 11.5. The van der Waals surface area contributed by atoms with Crippen molar-refractivity contribution in [3.63, 3.8) is 0 Å². The van der Waals surface area contributed by atoms with Gasteiger partial charge in [-0.25, -0.2) is 0 Å². The zero-order valence-electron chi connectivity index (χ0n) is 9.28. The molecule has 0 aromatic heterocycles. The highest BCUT2D eigenvalue weighted by Crippen LogP contribution is 2.08. The van der Waals surface area contributed by atoms with Gasteiger partial charge in [0.05, 0.1) is 0 Å². The summed E-state index contributed by atoms with van der Waals surface area (Å²) < 4.78 is 5.21. The smallest absolute Gasteiger partial charge is 0.306 e. The van der Waals surface area contributed by atoms with Crippen molar-refractivity contribution in [2.75, 3.05) is 0 Å². The molecule has 0 spiro atoms. The zero-order chi connectivity index (χ0) is 11.5. The number of rotatable bonds is 9. The molecular weight excluding hydrogens is 188 g/mol. The first kappa shape index (κ1) is 13.7. The topological polar surface area (TPSA) is 26.3 Å². The largest absolute Gasteiger partial charge is 0.458 e. The second-order valence-electron chi connectivity index (χ2n) is 3.31. The van der Waals surface area contributed by atoms with Crippen LogP contribution in [0.15, 0.2) is 38.0 Å². The maximum Gasteiger partial charge on any atom is 0.306 e. The van der Waals surface area contributed by atoms with E-state index >= 15 is 0 Å². The van der Waals surface area contributed by atoms with E-state index in [0.717, 1.165) is 19.3 Å². The fourth-order valence-electron chi connectivity index (χ4n) is 1.14. The summed E-state index contributed by atoms with van der Waals surface area (Å²) in [7, 11) is 0. The summed E-state index contributed by atoms with van der Waals surface area (Å²) in [6.45, 7) is 10.8. The van der Waals surface area contributed by atoms with Crippen LogP contribution in [0, 0.1) is 0 Å². The fraction of sp³-hybridized carbons (Fsp3) is 0.462. The number of hydrogen-bond donors (Lipinski definition) is 0. The van der Waals surface area contributed by atoms with Gasteiger partial charge in [0.2, 0.25) is 0 Å². The average Bonchev–Trinajstić information content (AvgIpc) is 2.25. The van der Waals surface area contributed by atoms with E-state index in [-0.39, 0.29) is 12.1 Å². The van der Waals surface area contributed by atoms with Crippen LogP contribution in [0.5, 0.6) is 0 Å². The van der Waals surface area contributed by atoms with Crippen LogP contribution in [0.1, 0.15) is 32.1 Å². The Labute approximate surface area is 92.3 Å². The van der Waals surface area contributed by atoms with Crippen LogP contribution < -0.4 is 0 Å². The predicted molar refractivity (Wildman–Crippen MR) is 63.6 cm³/mol. The summed E-state index contributed by atoms with van der Waals surface area (Å²) in [6.07, 6.45) is 8.86. The molecule has 84 valence electrons. The van der Waals surface area contributed by atoms with Gasteiger partial charge in [0.1, 0.15) is 6.10 Å². The summed E-state index contributed by atoms with van der Waals surface area (Å²) in [5.74, 6) is -0.182. The molecule has 15 heavy (non-hydrogen) atoms. The van der Waals surface area contributed by atoms with Gasteiger partial charge >= 0.3 is 5.97 Å². The molecule has 0 aliphatic heterocycles. The number of unbranched alkanes of at least 4 members (excludes halogenated alkanes) is 1. The standard InChI is InChI=1S/C13H20O2/c1-4-7-9-10-12(6-3)15-13(14)11-8-5-2/h4-6,12H,1-3,7-11H2/t12-/m0/s1. The maximum atomic E-state index is 11.3. The molecule has 1 atom stereocenters. The van der Waals surface area contributed by atoms with Crippen LogP contribution in [0.3, 0.4) is 0 Å². The highest BCUT2D eigenvalue weighted by molar-refractivity contribution is 5.69. The second kappa shape index (κ2) is 9.25. The van der Waals surface area contributed by atoms with Crippen molar-refractivity contribution in [3.05, 3.63) is 38.0 Å². The molecular formula is C13H20O2. The number of esters is 1. The zero-order valence-corrected chi connectivity index (χ0v) is 9.28. The van der Waals surface area contributed by atoms with Gasteiger partial charge in [-0.05, 0) is 25.7 Å². The fourth-order valence-corrected chi connectivity index (χ4v) is 1.14. The lowest BCUT2D eigenvalue weighted by atomic mass is 10.1. The van der Waals surface area contributed by atoms with E-state index in [1.54, 1.807) is 12.2 Å². The van der Waals surface area contributed by atoms with Crippen LogP contribution in [-0.2, 0) is 9.53 Å². The van der Waals surface area contributed by atoms with Gasteiger partial charge in [0.15, 0.2) is 0 Å². The third kappa shape index (κ3) is 7.74. The van der Waals surface area contributed by atoms with Crippen molar-refractivity contribution in [1.82, 2.24) is 0 Å². The Kier molecular flexibility index (Phi) is 8.44. The van der Waals surface area contributed by atoms with Crippen LogP contribution in [0.2, 0.25) is 0 Å². The lowest BCUT2D eigenvalue weighted by Crippen LogP contribution is -2.15. The summed E-state index contributed by atoms with van der Waals surface area (Å²) in [6, 6.07) is 0. The molecule has 0 aliphatic rings. The minimum Gasteiger partial charge on any atom is -0.458 e. The average molecular weight is 208 g/mol. The minimum atomic E-state index is -0.182. The lowest BCUT2D eigenvalue weighted by Gasteiger charge is -2.13. The Hall–Kier alpha value is -1.31. The van der Waals surface area contributed by atoms with Crippen molar-refractivity contribution >= 4 is 5.97 Å². The van der Waals surface area contributed by atoms with Crippen molar-refractivity contribution < 1.29 is 9.53 Å². The van der Waals surface area contributed by atoms with E-state index in [2.05, 4.69) is 19.7 Å². The number of carbonyl (C=O) groups excluding carboxylic acids is 1. The predicted octanol–water partition coefficient (Wildman–Crippen LogP) is 3.41. The molecule has 0 saturated heterocycles. The van der Waals surface area contributed by atoms with E-state index in [1.165, 1.54) is 0 Å². The lowest BCUT2D eigenvalue weighted by molar-refractivity contribution is -0.147. The van der Waals surface area contributed by atoms with Gasteiger partial charge in [0, 0.05) is 6.42 Å². The third-order valence-electron chi connectivity index (χ3n) is 2.00. The van der Waals surface area contributed by atoms with Gasteiger partial charge < -0.3 is 4.74 Å². The van der Waals surface area contributed by atoms with Crippen molar-refractivity contribution in [1.29, 1.82) is 0 Å². The molecule has 2 nitrogen and oxygen atoms in total. The quantitative estimate of drug-likeness (QED) is 0.330. The first-order valence-electron chi connectivity index (χ1n) is 5.28. The molecule has 0 bridgehead atoms. The molecule has 0 N–H and O–H groups in total. The summed E-state index contributed by atoms with van der Waals surface area (Å²) in [5.41, 5.74) is 0. The van der Waals surface area contributed by atoms with Gasteiger partial charge in [-0.15, -0.1) is 13.2 Å². The molecule has 2 heteroatoms. The van der Waals surface area contributed by atoms with Gasteiger partial charge in [-0.1, -0.05) is 24.8 Å². The Morgan fingerprint density at radius 2 is 1.87 bits per heavy atom. The van der Waals surface area contributed by atoms with Gasteiger partial charge in [-0.3, -0.25) is 4.79 Å². The van der Waals surface area contributed by atoms with Crippen molar-refractivity contribution in [3.8, 4) is 0 Å². The van der Waals surface area contributed by atoms with Gasteiger partial charge in [-0.2, -0.15) is 0 Å². The SMILES string of the molecule is C=CCCC[C@H](C=C)OC(=O)CCC=C. The van der Waals surface area contributed by atoms with Crippen LogP contribution in [-0.4, -0.2) is 12.1 Å². The highest BCUT2D eigenvalue weighted by Gasteiger charge is 2.09. The Balaban J connectivity index is 3.76. The number of hydrogen-bond acceptors (Lipinski definition) is 2.